The molecule has 1 aromatic rings. The molecule has 1 heterocycles. The van der Waals surface area contributed by atoms with Gasteiger partial charge in [0, 0.05) is 18.8 Å². The van der Waals surface area contributed by atoms with Gasteiger partial charge < -0.3 is 10.0 Å². The van der Waals surface area contributed by atoms with Gasteiger partial charge >= 0.3 is 0 Å². The van der Waals surface area contributed by atoms with Crippen molar-refractivity contribution in [3.05, 3.63) is 29.8 Å². The first-order valence-electron chi connectivity index (χ1n) is 4.81. The molecule has 0 spiro atoms. The van der Waals surface area contributed by atoms with Crippen molar-refractivity contribution in [3.8, 4) is 0 Å². The van der Waals surface area contributed by atoms with Gasteiger partial charge in [-0.3, -0.25) is 0 Å². The number of hydrogen-bond donors (Lipinski definition) is 1. The van der Waals surface area contributed by atoms with Gasteiger partial charge in [-0.25, -0.2) is 0 Å². The molecule has 1 aliphatic heterocycles. The Morgan fingerprint density at radius 1 is 1.31 bits per heavy atom. The molecule has 0 radical (unpaired) electrons. The zero-order valence-corrected chi connectivity index (χ0v) is 7.90. The number of hydrogen-bond acceptors (Lipinski definition) is 2. The van der Waals surface area contributed by atoms with Gasteiger partial charge in [-0.05, 0) is 24.1 Å². The fraction of sp³-hybridized carbons (Fsp3) is 0.455. The van der Waals surface area contributed by atoms with Crippen LogP contribution in [0.5, 0.6) is 0 Å². The summed E-state index contributed by atoms with van der Waals surface area (Å²) in [5, 5.41) is 9.14. The summed E-state index contributed by atoms with van der Waals surface area (Å²) < 4.78 is 0. The Morgan fingerprint density at radius 3 is 2.38 bits per heavy atom. The van der Waals surface area contributed by atoms with Crippen molar-refractivity contribution in [1.29, 1.82) is 0 Å². The Bertz CT molecular complexity index is 275. The van der Waals surface area contributed by atoms with Gasteiger partial charge in [-0.1, -0.05) is 19.1 Å². The standard InChI is InChI=1S/C11H15NO/c1-2-9-3-5-10(6-4-9)12-7-11(13)8-12/h3-6,11,13H,2,7-8H2,1H3. The average molecular weight is 177 g/mol. The third-order valence-electron chi connectivity index (χ3n) is 2.57. The third-order valence-corrected chi connectivity index (χ3v) is 2.57. The summed E-state index contributed by atoms with van der Waals surface area (Å²) >= 11 is 0. The molecule has 0 unspecified atom stereocenters. The van der Waals surface area contributed by atoms with Gasteiger partial charge in [0.1, 0.15) is 0 Å². The maximum atomic E-state index is 9.14. The highest BCUT2D eigenvalue weighted by Gasteiger charge is 2.23. The molecule has 70 valence electrons. The number of nitrogens with zero attached hydrogens (tertiary/aromatic N) is 1. The van der Waals surface area contributed by atoms with E-state index in [0.29, 0.717) is 0 Å². The first-order valence-corrected chi connectivity index (χ1v) is 4.81. The lowest BCUT2D eigenvalue weighted by Crippen LogP contribution is -2.50. The summed E-state index contributed by atoms with van der Waals surface area (Å²) in [4.78, 5) is 2.18. The van der Waals surface area contributed by atoms with Gasteiger partial charge in [-0.2, -0.15) is 0 Å². The average Bonchev–Trinajstić information content (AvgIpc) is 2.13. The summed E-state index contributed by atoms with van der Waals surface area (Å²) in [5.41, 5.74) is 2.59. The zero-order valence-electron chi connectivity index (χ0n) is 7.90. The van der Waals surface area contributed by atoms with E-state index in [9.17, 15) is 0 Å². The van der Waals surface area contributed by atoms with Crippen LogP contribution in [0.3, 0.4) is 0 Å². The van der Waals surface area contributed by atoms with Crippen molar-refractivity contribution in [2.24, 2.45) is 0 Å². The summed E-state index contributed by atoms with van der Waals surface area (Å²) in [6.07, 6.45) is 0.967. The second-order valence-electron chi connectivity index (χ2n) is 3.58. The van der Waals surface area contributed by atoms with E-state index >= 15 is 0 Å². The molecule has 0 atom stereocenters. The van der Waals surface area contributed by atoms with Crippen LogP contribution in [0.15, 0.2) is 24.3 Å². The van der Waals surface area contributed by atoms with E-state index in [4.69, 9.17) is 5.11 Å². The van der Waals surface area contributed by atoms with E-state index in [1.165, 1.54) is 11.3 Å². The Morgan fingerprint density at radius 2 is 1.92 bits per heavy atom. The summed E-state index contributed by atoms with van der Waals surface area (Å²) in [5.74, 6) is 0. The number of benzene rings is 1. The lowest BCUT2D eigenvalue weighted by atomic mass is 10.1. The van der Waals surface area contributed by atoms with Crippen molar-refractivity contribution in [3.63, 3.8) is 0 Å². The predicted octanol–water partition coefficient (Wildman–Crippen LogP) is 1.43. The largest absolute Gasteiger partial charge is 0.389 e. The smallest absolute Gasteiger partial charge is 0.0889 e. The van der Waals surface area contributed by atoms with E-state index in [0.717, 1.165) is 19.5 Å². The molecule has 1 N–H and O–H groups in total. The van der Waals surface area contributed by atoms with Crippen LogP contribution in [0.4, 0.5) is 5.69 Å². The monoisotopic (exact) mass is 177 g/mol. The minimum atomic E-state index is -0.120. The normalized spacial score (nSPS) is 17.2. The van der Waals surface area contributed by atoms with Crippen molar-refractivity contribution in [2.75, 3.05) is 18.0 Å². The molecule has 2 rings (SSSR count). The molecular formula is C11H15NO. The summed E-state index contributed by atoms with van der Waals surface area (Å²) in [6, 6.07) is 8.56. The number of rotatable bonds is 2. The SMILES string of the molecule is CCc1ccc(N2CC(O)C2)cc1. The van der Waals surface area contributed by atoms with Gasteiger partial charge in [0.2, 0.25) is 0 Å². The molecule has 2 heteroatoms. The van der Waals surface area contributed by atoms with Gasteiger partial charge in [-0.15, -0.1) is 0 Å². The lowest BCUT2D eigenvalue weighted by Gasteiger charge is -2.37. The Kier molecular flexibility index (Phi) is 2.23. The quantitative estimate of drug-likeness (QED) is 0.738. The van der Waals surface area contributed by atoms with Crippen molar-refractivity contribution in [2.45, 2.75) is 19.4 Å². The number of aliphatic hydroxyl groups is 1. The van der Waals surface area contributed by atoms with Crippen LogP contribution in [0.25, 0.3) is 0 Å². The van der Waals surface area contributed by atoms with Crippen molar-refractivity contribution < 1.29 is 5.11 Å². The topological polar surface area (TPSA) is 23.5 Å². The fourth-order valence-corrected chi connectivity index (χ4v) is 1.61. The minimum Gasteiger partial charge on any atom is -0.389 e. The van der Waals surface area contributed by atoms with Crippen LogP contribution in [-0.2, 0) is 6.42 Å². The van der Waals surface area contributed by atoms with Crippen molar-refractivity contribution in [1.82, 2.24) is 0 Å². The lowest BCUT2D eigenvalue weighted by molar-refractivity contribution is 0.142. The van der Waals surface area contributed by atoms with E-state index in [2.05, 4.69) is 36.1 Å². The van der Waals surface area contributed by atoms with Crippen molar-refractivity contribution >= 4 is 5.69 Å². The Hall–Kier alpha value is -1.02. The third kappa shape index (κ3) is 1.68. The van der Waals surface area contributed by atoms with E-state index < -0.39 is 0 Å². The zero-order chi connectivity index (χ0) is 9.26. The van der Waals surface area contributed by atoms with Gasteiger partial charge in [0.05, 0.1) is 6.10 Å². The summed E-state index contributed by atoms with van der Waals surface area (Å²) in [7, 11) is 0. The number of β-amino-alcohol motifs (C(OH)–C–C–N with tert-alkyl or cyclic N) is 1. The van der Waals surface area contributed by atoms with E-state index in [1.807, 2.05) is 0 Å². The number of anilines is 1. The minimum absolute atomic E-state index is 0.120. The highest BCUT2D eigenvalue weighted by molar-refractivity contribution is 5.50. The van der Waals surface area contributed by atoms with Gasteiger partial charge in [0.15, 0.2) is 0 Å². The second kappa shape index (κ2) is 3.38. The second-order valence-corrected chi connectivity index (χ2v) is 3.58. The maximum absolute atomic E-state index is 9.14. The van der Waals surface area contributed by atoms with E-state index in [-0.39, 0.29) is 6.10 Å². The Balaban J connectivity index is 2.06. The van der Waals surface area contributed by atoms with Crippen LogP contribution >= 0.6 is 0 Å². The van der Waals surface area contributed by atoms with Crippen LogP contribution in [0, 0.1) is 0 Å². The molecule has 0 aromatic heterocycles. The molecule has 0 aliphatic carbocycles. The molecule has 13 heavy (non-hydrogen) atoms. The summed E-state index contributed by atoms with van der Waals surface area (Å²) in [6.45, 7) is 3.72. The molecule has 0 bridgehead atoms. The molecule has 0 saturated carbocycles. The first-order chi connectivity index (χ1) is 6.29. The highest BCUT2D eigenvalue weighted by atomic mass is 16.3. The molecule has 1 saturated heterocycles. The molecule has 1 aromatic carbocycles. The molecular weight excluding hydrogens is 162 g/mol. The van der Waals surface area contributed by atoms with Crippen LogP contribution in [0.1, 0.15) is 12.5 Å². The molecule has 1 aliphatic rings. The maximum Gasteiger partial charge on any atom is 0.0889 e. The van der Waals surface area contributed by atoms with E-state index in [1.54, 1.807) is 0 Å². The fourth-order valence-electron chi connectivity index (χ4n) is 1.61. The van der Waals surface area contributed by atoms with Crippen LogP contribution in [0.2, 0.25) is 0 Å². The first kappa shape index (κ1) is 8.57. The molecule has 0 amide bonds. The molecule has 2 nitrogen and oxygen atoms in total. The molecule has 1 fully saturated rings. The number of aryl methyl sites for hydroxylation is 1. The van der Waals surface area contributed by atoms with Gasteiger partial charge in [0.25, 0.3) is 0 Å². The highest BCUT2D eigenvalue weighted by Crippen LogP contribution is 2.21. The van der Waals surface area contributed by atoms with Crippen LogP contribution in [-0.4, -0.2) is 24.3 Å². The predicted molar refractivity (Wildman–Crippen MR) is 54.0 cm³/mol. The Labute approximate surface area is 78.8 Å². The number of aliphatic hydroxyl groups excluding tert-OH is 1. The van der Waals surface area contributed by atoms with Crippen LogP contribution < -0.4 is 4.90 Å².